The minimum atomic E-state index is 0. The van der Waals surface area contributed by atoms with Crippen molar-refractivity contribution in [1.82, 2.24) is 10.2 Å². The molecular weight excluding hydrogens is 200 g/mol. The number of hydrogen-bond donors (Lipinski definition) is 1. The molecule has 0 aromatic carbocycles. The molecule has 2 aliphatic heterocycles. The number of rotatable bonds is 3. The Balaban J connectivity index is 0.000000980. The van der Waals surface area contributed by atoms with Gasteiger partial charge in [-0.2, -0.15) is 0 Å². The van der Waals surface area contributed by atoms with E-state index in [4.69, 9.17) is 4.74 Å². The molecule has 2 rings (SSSR count). The molecule has 4 heteroatoms. The fourth-order valence-electron chi connectivity index (χ4n) is 2.20. The van der Waals surface area contributed by atoms with E-state index >= 15 is 0 Å². The highest BCUT2D eigenvalue weighted by Crippen LogP contribution is 2.17. The molecule has 1 N–H and O–H groups in total. The number of fused-ring (bicyclic) bond motifs is 1. The number of nitrogens with one attached hydrogen (secondary N) is 1. The third-order valence-corrected chi connectivity index (χ3v) is 2.93. The van der Waals surface area contributed by atoms with Gasteiger partial charge in [-0.05, 0) is 6.42 Å². The van der Waals surface area contributed by atoms with Crippen LogP contribution in [-0.4, -0.2) is 49.8 Å². The van der Waals surface area contributed by atoms with Crippen molar-refractivity contribution in [1.29, 1.82) is 0 Å². The Morgan fingerprint density at radius 2 is 2.36 bits per heavy atom. The third kappa shape index (κ3) is 2.48. The number of nitrogens with zero attached hydrogens (tertiary/aromatic N) is 1. The summed E-state index contributed by atoms with van der Waals surface area (Å²) in [5.41, 5.74) is 0. The Kier molecular flexibility index (Phi) is 4.89. The molecule has 0 amide bonds. The molecule has 0 bridgehead atoms. The molecule has 3 nitrogen and oxygen atoms in total. The molecule has 14 heavy (non-hydrogen) atoms. The summed E-state index contributed by atoms with van der Waals surface area (Å²) in [4.78, 5) is 2.52. The lowest BCUT2D eigenvalue weighted by Gasteiger charge is -2.36. The number of halogens is 1. The Morgan fingerprint density at radius 1 is 1.50 bits per heavy atom. The van der Waals surface area contributed by atoms with Gasteiger partial charge in [0.25, 0.3) is 0 Å². The van der Waals surface area contributed by atoms with Gasteiger partial charge >= 0.3 is 0 Å². The molecule has 2 saturated heterocycles. The number of hydrogen-bond acceptors (Lipinski definition) is 3. The highest BCUT2D eigenvalue weighted by atomic mass is 35.5. The monoisotopic (exact) mass is 218 g/mol. The maximum atomic E-state index is 5.68. The normalized spacial score (nSPS) is 32.0. The van der Waals surface area contributed by atoms with E-state index in [9.17, 15) is 0 Å². The van der Waals surface area contributed by atoms with E-state index in [0.29, 0.717) is 12.1 Å². The highest BCUT2D eigenvalue weighted by molar-refractivity contribution is 5.85. The topological polar surface area (TPSA) is 24.5 Å². The van der Waals surface area contributed by atoms with Crippen LogP contribution in [0.15, 0.2) is 12.7 Å². The van der Waals surface area contributed by atoms with Crippen LogP contribution in [0.3, 0.4) is 0 Å². The Hall–Kier alpha value is -0.0900. The summed E-state index contributed by atoms with van der Waals surface area (Å²) in [5, 5.41) is 3.38. The van der Waals surface area contributed by atoms with E-state index in [1.54, 1.807) is 0 Å². The van der Waals surface area contributed by atoms with Gasteiger partial charge < -0.3 is 10.1 Å². The molecule has 82 valence electrons. The Labute approximate surface area is 91.9 Å². The first-order valence-electron chi connectivity index (χ1n) is 5.09. The van der Waals surface area contributed by atoms with E-state index in [0.717, 1.165) is 39.2 Å². The molecule has 0 aromatic rings. The van der Waals surface area contributed by atoms with Crippen LogP contribution in [0.2, 0.25) is 0 Å². The summed E-state index contributed by atoms with van der Waals surface area (Å²) < 4.78 is 5.68. The maximum absolute atomic E-state index is 5.68. The molecule has 0 unspecified atom stereocenters. The predicted octanol–water partition coefficient (Wildman–Crippen LogP) is 0.657. The fourth-order valence-corrected chi connectivity index (χ4v) is 2.20. The van der Waals surface area contributed by atoms with Crippen molar-refractivity contribution < 1.29 is 4.74 Å². The molecule has 0 radical (unpaired) electrons. The van der Waals surface area contributed by atoms with Crippen molar-refractivity contribution in [3.05, 3.63) is 12.7 Å². The minimum Gasteiger partial charge on any atom is -0.374 e. The fraction of sp³-hybridized carbons (Fsp3) is 0.800. The first-order valence-corrected chi connectivity index (χ1v) is 5.09. The van der Waals surface area contributed by atoms with Crippen molar-refractivity contribution in [2.75, 3.05) is 32.8 Å². The molecule has 0 spiro atoms. The van der Waals surface area contributed by atoms with Crippen molar-refractivity contribution >= 4 is 12.4 Å². The summed E-state index contributed by atoms with van der Waals surface area (Å²) in [6.07, 6.45) is 3.51. The van der Waals surface area contributed by atoms with Gasteiger partial charge in [-0.15, -0.1) is 19.0 Å². The molecule has 2 atom stereocenters. The largest absolute Gasteiger partial charge is 0.374 e. The lowest BCUT2D eigenvalue weighted by molar-refractivity contribution is -0.0459. The quantitative estimate of drug-likeness (QED) is 0.705. The van der Waals surface area contributed by atoms with Crippen LogP contribution >= 0.6 is 12.4 Å². The predicted molar refractivity (Wildman–Crippen MR) is 60.0 cm³/mol. The highest BCUT2D eigenvalue weighted by Gasteiger charge is 2.35. The van der Waals surface area contributed by atoms with Crippen LogP contribution in [0, 0.1) is 0 Å². The average molecular weight is 219 g/mol. The van der Waals surface area contributed by atoms with Crippen LogP contribution in [0.1, 0.15) is 6.42 Å². The van der Waals surface area contributed by atoms with Gasteiger partial charge in [0, 0.05) is 32.2 Å². The van der Waals surface area contributed by atoms with Crippen molar-refractivity contribution in [3.8, 4) is 0 Å². The lowest BCUT2D eigenvalue weighted by Crippen LogP contribution is -2.50. The van der Waals surface area contributed by atoms with E-state index in [2.05, 4.69) is 16.8 Å². The molecular formula is C10H19ClN2O. The van der Waals surface area contributed by atoms with Gasteiger partial charge in [-0.25, -0.2) is 0 Å². The lowest BCUT2D eigenvalue weighted by atomic mass is 10.1. The van der Waals surface area contributed by atoms with E-state index in [-0.39, 0.29) is 12.4 Å². The van der Waals surface area contributed by atoms with Crippen LogP contribution in [0.4, 0.5) is 0 Å². The Morgan fingerprint density at radius 3 is 3.14 bits per heavy atom. The summed E-state index contributed by atoms with van der Waals surface area (Å²) in [6.45, 7) is 8.97. The van der Waals surface area contributed by atoms with Gasteiger partial charge in [-0.1, -0.05) is 6.08 Å². The van der Waals surface area contributed by atoms with Gasteiger partial charge in [-0.3, -0.25) is 4.90 Å². The van der Waals surface area contributed by atoms with Gasteiger partial charge in [0.1, 0.15) is 0 Å². The first kappa shape index (κ1) is 12.0. The first-order chi connectivity index (χ1) is 6.42. The van der Waals surface area contributed by atoms with Gasteiger partial charge in [0.15, 0.2) is 0 Å². The van der Waals surface area contributed by atoms with E-state index in [1.165, 1.54) is 0 Å². The van der Waals surface area contributed by atoms with E-state index < -0.39 is 0 Å². The van der Waals surface area contributed by atoms with Crippen LogP contribution in [0.5, 0.6) is 0 Å². The minimum absolute atomic E-state index is 0. The van der Waals surface area contributed by atoms with Crippen LogP contribution < -0.4 is 5.32 Å². The number of morpholine rings is 1. The average Bonchev–Trinajstić information content (AvgIpc) is 2.62. The van der Waals surface area contributed by atoms with Crippen molar-refractivity contribution in [2.24, 2.45) is 0 Å². The molecule has 2 heterocycles. The smallest absolute Gasteiger partial charge is 0.0867 e. The van der Waals surface area contributed by atoms with Gasteiger partial charge in [0.2, 0.25) is 0 Å². The molecule has 0 aliphatic carbocycles. The van der Waals surface area contributed by atoms with E-state index in [1.807, 2.05) is 6.08 Å². The molecule has 2 aliphatic rings. The van der Waals surface area contributed by atoms with Crippen LogP contribution in [0.25, 0.3) is 0 Å². The third-order valence-electron chi connectivity index (χ3n) is 2.93. The second kappa shape index (κ2) is 5.71. The summed E-state index contributed by atoms with van der Waals surface area (Å²) >= 11 is 0. The standard InChI is InChI=1S/C10H18N2O.ClH/c1-2-3-4-12-5-6-13-10-8-11-7-9(10)12;/h2,9-11H,1,3-8H2;1H/t9-,10+;/m1./s1. The summed E-state index contributed by atoms with van der Waals surface area (Å²) in [5.74, 6) is 0. The van der Waals surface area contributed by atoms with Crippen molar-refractivity contribution in [3.63, 3.8) is 0 Å². The number of ether oxygens (including phenoxy) is 1. The maximum Gasteiger partial charge on any atom is 0.0867 e. The molecule has 0 aromatic heterocycles. The summed E-state index contributed by atoms with van der Waals surface area (Å²) in [6, 6.07) is 0.605. The summed E-state index contributed by atoms with van der Waals surface area (Å²) in [7, 11) is 0. The molecule has 2 fully saturated rings. The molecule has 0 saturated carbocycles. The second-order valence-electron chi connectivity index (χ2n) is 3.75. The SMILES string of the molecule is C=CCCN1CCO[C@H]2CNC[C@H]21.Cl. The van der Waals surface area contributed by atoms with Crippen molar-refractivity contribution in [2.45, 2.75) is 18.6 Å². The zero-order valence-electron chi connectivity index (χ0n) is 8.45. The van der Waals surface area contributed by atoms with Crippen LogP contribution in [-0.2, 0) is 4.74 Å². The zero-order valence-corrected chi connectivity index (χ0v) is 9.26. The Bertz CT molecular complexity index is 189. The second-order valence-corrected chi connectivity index (χ2v) is 3.75. The van der Waals surface area contributed by atoms with Gasteiger partial charge in [0.05, 0.1) is 12.7 Å². The zero-order chi connectivity index (χ0) is 9.10.